The number of carbonyl (C=O) groups excluding carboxylic acids is 1. The van der Waals surface area contributed by atoms with Crippen LogP contribution in [-0.4, -0.2) is 15.5 Å². The number of nitrogens with zero attached hydrogens (tertiary/aromatic N) is 2. The zero-order chi connectivity index (χ0) is 22.8. The summed E-state index contributed by atoms with van der Waals surface area (Å²) in [5.41, 5.74) is 6.39. The lowest BCUT2D eigenvalue weighted by Gasteiger charge is -2.22. The average Bonchev–Trinajstić information content (AvgIpc) is 2.77. The Kier molecular flexibility index (Phi) is 5.73. The normalized spacial score (nSPS) is 10.8. The van der Waals surface area contributed by atoms with Crippen molar-refractivity contribution in [2.24, 2.45) is 0 Å². The van der Waals surface area contributed by atoms with Crippen LogP contribution in [-0.2, 0) is 0 Å². The highest BCUT2D eigenvalue weighted by atomic mass is 16.2. The Hall–Kier alpha value is -3.99. The number of nitrogens with one attached hydrogen (secondary N) is 1. The van der Waals surface area contributed by atoms with Crippen LogP contribution in [0.4, 0.5) is 5.69 Å². The largest absolute Gasteiger partial charge is 0.321 e. The minimum Gasteiger partial charge on any atom is -0.321 e. The van der Waals surface area contributed by atoms with Crippen molar-refractivity contribution in [1.29, 1.82) is 0 Å². The second-order valence-electron chi connectivity index (χ2n) is 7.95. The Morgan fingerprint density at radius 3 is 2.12 bits per heavy atom. The highest BCUT2D eigenvalue weighted by molar-refractivity contribution is 6.09. The molecule has 0 spiro atoms. The lowest BCUT2D eigenvalue weighted by Crippen LogP contribution is -2.27. The summed E-state index contributed by atoms with van der Waals surface area (Å²) in [6.45, 7) is 7.77. The number of para-hydroxylation sites is 2. The summed E-state index contributed by atoms with van der Waals surface area (Å²) in [5.74, 6) is -0.429. The molecule has 2 heterocycles. The molecule has 5 heteroatoms. The first-order valence-corrected chi connectivity index (χ1v) is 10.5. The Morgan fingerprint density at radius 1 is 0.844 bits per heavy atom. The molecule has 0 saturated carbocycles. The summed E-state index contributed by atoms with van der Waals surface area (Å²) in [7, 11) is 0. The Morgan fingerprint density at radius 2 is 1.47 bits per heavy atom. The van der Waals surface area contributed by atoms with Crippen LogP contribution >= 0.6 is 0 Å². The van der Waals surface area contributed by atoms with Crippen molar-refractivity contribution in [3.05, 3.63) is 111 Å². The van der Waals surface area contributed by atoms with E-state index in [9.17, 15) is 9.59 Å². The van der Waals surface area contributed by atoms with Crippen molar-refractivity contribution in [2.75, 3.05) is 5.32 Å². The predicted octanol–water partition coefficient (Wildman–Crippen LogP) is 5.39. The molecule has 160 valence electrons. The van der Waals surface area contributed by atoms with Gasteiger partial charge >= 0.3 is 0 Å². The summed E-state index contributed by atoms with van der Waals surface area (Å²) < 4.78 is 1.98. The van der Waals surface area contributed by atoms with E-state index in [1.165, 1.54) is 6.07 Å². The third-order valence-corrected chi connectivity index (χ3v) is 5.66. The molecule has 4 aromatic rings. The van der Waals surface area contributed by atoms with Gasteiger partial charge in [0.15, 0.2) is 5.43 Å². The second-order valence-corrected chi connectivity index (χ2v) is 7.95. The third kappa shape index (κ3) is 3.85. The van der Waals surface area contributed by atoms with Gasteiger partial charge < -0.3 is 9.88 Å². The lowest BCUT2D eigenvalue weighted by atomic mass is 10.0. The molecule has 1 N–H and O–H groups in total. The minimum absolute atomic E-state index is 0.104. The summed E-state index contributed by atoms with van der Waals surface area (Å²) in [5, 5.41) is 2.99. The van der Waals surface area contributed by atoms with E-state index in [1.807, 2.05) is 86.9 Å². The number of aryl methyl sites for hydroxylation is 4. The van der Waals surface area contributed by atoms with Crippen LogP contribution in [0.25, 0.3) is 16.9 Å². The van der Waals surface area contributed by atoms with Gasteiger partial charge in [0.1, 0.15) is 5.56 Å². The standard InChI is InChI=1S/C27H25N3O2/c1-17-8-5-6-11-22(17)30-20(4)16-23(31)24(26(30)21-12-14-28-15-13-21)27(32)29-25-18(2)9-7-10-19(25)3/h5-16H,1-4H3,(H,29,32). The molecule has 0 unspecified atom stereocenters. The summed E-state index contributed by atoms with van der Waals surface area (Å²) in [4.78, 5) is 30.9. The van der Waals surface area contributed by atoms with Crippen LogP contribution in [0.15, 0.2) is 77.9 Å². The van der Waals surface area contributed by atoms with Crippen molar-refractivity contribution in [2.45, 2.75) is 27.7 Å². The molecule has 0 bridgehead atoms. The van der Waals surface area contributed by atoms with E-state index in [0.717, 1.165) is 39.3 Å². The maximum Gasteiger partial charge on any atom is 0.261 e. The number of benzene rings is 2. The van der Waals surface area contributed by atoms with Crippen molar-refractivity contribution < 1.29 is 4.79 Å². The molecule has 1 amide bonds. The van der Waals surface area contributed by atoms with E-state index in [-0.39, 0.29) is 11.0 Å². The average molecular weight is 424 g/mol. The molecule has 2 aromatic carbocycles. The van der Waals surface area contributed by atoms with E-state index in [1.54, 1.807) is 12.4 Å². The maximum absolute atomic E-state index is 13.6. The van der Waals surface area contributed by atoms with Crippen LogP contribution in [0.1, 0.15) is 32.7 Å². The summed E-state index contributed by atoms with van der Waals surface area (Å²) in [6.07, 6.45) is 3.33. The molecule has 0 saturated heterocycles. The van der Waals surface area contributed by atoms with E-state index < -0.39 is 5.91 Å². The van der Waals surface area contributed by atoms with Crippen molar-refractivity contribution in [3.63, 3.8) is 0 Å². The van der Waals surface area contributed by atoms with Gasteiger partial charge in [-0.15, -0.1) is 0 Å². The van der Waals surface area contributed by atoms with Gasteiger partial charge in [0, 0.05) is 41.1 Å². The Labute approximate surface area is 187 Å². The molecule has 5 nitrogen and oxygen atoms in total. The van der Waals surface area contributed by atoms with E-state index in [0.29, 0.717) is 5.69 Å². The van der Waals surface area contributed by atoms with Gasteiger partial charge in [-0.3, -0.25) is 14.6 Å². The lowest BCUT2D eigenvalue weighted by molar-refractivity contribution is 0.102. The molecule has 32 heavy (non-hydrogen) atoms. The van der Waals surface area contributed by atoms with Crippen LogP contribution in [0.2, 0.25) is 0 Å². The number of carbonyl (C=O) groups is 1. The quantitative estimate of drug-likeness (QED) is 0.479. The number of rotatable bonds is 4. The number of hydrogen-bond acceptors (Lipinski definition) is 3. The van der Waals surface area contributed by atoms with E-state index >= 15 is 0 Å². The second kappa shape index (κ2) is 8.63. The van der Waals surface area contributed by atoms with Gasteiger partial charge in [-0.05, 0) is 62.6 Å². The molecule has 0 aliphatic rings. The monoisotopic (exact) mass is 423 g/mol. The van der Waals surface area contributed by atoms with Crippen molar-refractivity contribution >= 4 is 11.6 Å². The number of pyridine rings is 2. The van der Waals surface area contributed by atoms with Gasteiger partial charge in [0.2, 0.25) is 0 Å². The van der Waals surface area contributed by atoms with Crippen molar-refractivity contribution in [1.82, 2.24) is 9.55 Å². The van der Waals surface area contributed by atoms with Gasteiger partial charge in [0.05, 0.1) is 5.69 Å². The Bertz CT molecular complexity index is 1350. The fourth-order valence-corrected chi connectivity index (χ4v) is 4.05. The van der Waals surface area contributed by atoms with Crippen LogP contribution in [0.5, 0.6) is 0 Å². The number of hydrogen-bond donors (Lipinski definition) is 1. The molecule has 4 rings (SSSR count). The van der Waals surface area contributed by atoms with E-state index in [4.69, 9.17) is 0 Å². The number of amides is 1. The van der Waals surface area contributed by atoms with Crippen LogP contribution in [0.3, 0.4) is 0 Å². The first kappa shape index (κ1) is 21.2. The van der Waals surface area contributed by atoms with Crippen LogP contribution in [0, 0.1) is 27.7 Å². The summed E-state index contributed by atoms with van der Waals surface area (Å²) in [6, 6.07) is 18.9. The molecule has 0 radical (unpaired) electrons. The minimum atomic E-state index is -0.429. The first-order valence-electron chi connectivity index (χ1n) is 10.5. The molecule has 0 fully saturated rings. The number of anilines is 1. The first-order chi connectivity index (χ1) is 15.4. The molecule has 2 aromatic heterocycles. The third-order valence-electron chi connectivity index (χ3n) is 5.66. The van der Waals surface area contributed by atoms with Gasteiger partial charge in [-0.2, -0.15) is 0 Å². The highest BCUT2D eigenvalue weighted by Gasteiger charge is 2.24. The molecule has 0 atom stereocenters. The van der Waals surface area contributed by atoms with Gasteiger partial charge in [-0.25, -0.2) is 0 Å². The SMILES string of the molecule is Cc1ccccc1-n1c(C)cc(=O)c(C(=O)Nc2c(C)cccc2C)c1-c1ccncc1. The molecular weight excluding hydrogens is 398 g/mol. The maximum atomic E-state index is 13.6. The predicted molar refractivity (Wildman–Crippen MR) is 129 cm³/mol. The molecular formula is C27H25N3O2. The Balaban J connectivity index is 2.01. The zero-order valence-electron chi connectivity index (χ0n) is 18.6. The molecule has 0 aliphatic carbocycles. The van der Waals surface area contributed by atoms with E-state index in [2.05, 4.69) is 10.3 Å². The van der Waals surface area contributed by atoms with Gasteiger partial charge in [-0.1, -0.05) is 36.4 Å². The van der Waals surface area contributed by atoms with Crippen LogP contribution < -0.4 is 10.7 Å². The van der Waals surface area contributed by atoms with Gasteiger partial charge in [0.25, 0.3) is 5.91 Å². The topological polar surface area (TPSA) is 64.0 Å². The fraction of sp³-hybridized carbons (Fsp3) is 0.148. The zero-order valence-corrected chi connectivity index (χ0v) is 18.6. The van der Waals surface area contributed by atoms with Crippen molar-refractivity contribution in [3.8, 4) is 16.9 Å². The fourth-order valence-electron chi connectivity index (χ4n) is 4.05. The number of aromatic nitrogens is 2. The summed E-state index contributed by atoms with van der Waals surface area (Å²) >= 11 is 0. The smallest absolute Gasteiger partial charge is 0.261 e. The molecule has 0 aliphatic heterocycles. The highest BCUT2D eigenvalue weighted by Crippen LogP contribution is 2.29.